The molecule has 0 amide bonds. The fourth-order valence-corrected chi connectivity index (χ4v) is 2.69. The fraction of sp³-hybridized carbons (Fsp3) is 0.714. The summed E-state index contributed by atoms with van der Waals surface area (Å²) in [5.41, 5.74) is 0. The normalized spacial score (nSPS) is 14.1. The molecule has 26 heavy (non-hydrogen) atoms. The van der Waals surface area contributed by atoms with E-state index in [2.05, 4.69) is 31.2 Å². The monoisotopic (exact) mass is 368 g/mol. The molecule has 0 aromatic rings. The quantitative estimate of drug-likeness (QED) is 0.205. The summed E-state index contributed by atoms with van der Waals surface area (Å²) in [5, 5.41) is 27.1. The number of allylic oxidation sites excluding steroid dienone is 4. The van der Waals surface area contributed by atoms with Gasteiger partial charge in [-0.05, 0) is 38.5 Å². The first-order chi connectivity index (χ1) is 12.5. The molecule has 0 aliphatic rings. The summed E-state index contributed by atoms with van der Waals surface area (Å²) >= 11 is 0. The van der Waals surface area contributed by atoms with Gasteiger partial charge in [0.05, 0.1) is 6.61 Å². The molecule has 0 saturated carbocycles. The first-order valence-electron chi connectivity index (χ1n) is 9.90. The molecule has 0 saturated heterocycles. The Bertz CT molecular complexity index is 428. The van der Waals surface area contributed by atoms with Gasteiger partial charge < -0.3 is 15.3 Å². The number of carboxylic acids is 1. The minimum atomic E-state index is -1.60. The van der Waals surface area contributed by atoms with Crippen molar-refractivity contribution >= 4 is 11.8 Å². The van der Waals surface area contributed by atoms with Gasteiger partial charge in [0.1, 0.15) is 12.0 Å². The van der Waals surface area contributed by atoms with E-state index in [-0.39, 0.29) is 6.42 Å². The smallest absolute Gasteiger partial charge is 0.314 e. The van der Waals surface area contributed by atoms with E-state index in [4.69, 9.17) is 10.2 Å². The van der Waals surface area contributed by atoms with Gasteiger partial charge in [0, 0.05) is 0 Å². The van der Waals surface area contributed by atoms with Crippen LogP contribution in [-0.4, -0.2) is 39.8 Å². The van der Waals surface area contributed by atoms with Gasteiger partial charge in [-0.3, -0.25) is 9.59 Å². The van der Waals surface area contributed by atoms with Crippen LogP contribution in [0.1, 0.15) is 77.6 Å². The number of carboxylic acid groups (broad SMARTS) is 1. The highest BCUT2D eigenvalue weighted by Gasteiger charge is 2.30. The molecule has 0 aromatic heterocycles. The standard InChI is InChI=1S/C21H36O5/c1-2-3-4-5-6-7-8-9-10-11-12-13-14-15-16-18(21(25)26)20(24)19(23)17-22/h6-7,9-10,18-19,22-23H,2-5,8,11-17H2,1H3,(H,25,26)/b7-6-,10-9-. The van der Waals surface area contributed by atoms with Crippen molar-refractivity contribution in [2.24, 2.45) is 5.92 Å². The minimum absolute atomic E-state index is 0.212. The topological polar surface area (TPSA) is 94.8 Å². The maximum atomic E-state index is 11.7. The van der Waals surface area contributed by atoms with E-state index in [1.165, 1.54) is 19.3 Å². The Morgan fingerprint density at radius 3 is 2.00 bits per heavy atom. The van der Waals surface area contributed by atoms with Crippen LogP contribution in [-0.2, 0) is 9.59 Å². The highest BCUT2D eigenvalue weighted by molar-refractivity contribution is 6.00. The maximum Gasteiger partial charge on any atom is 0.314 e. The molecule has 0 aliphatic heterocycles. The number of ketones is 1. The van der Waals surface area contributed by atoms with Crippen molar-refractivity contribution in [2.45, 2.75) is 83.7 Å². The van der Waals surface area contributed by atoms with Crippen LogP contribution in [0.4, 0.5) is 0 Å². The number of rotatable bonds is 17. The molecule has 2 unspecified atom stereocenters. The fourth-order valence-electron chi connectivity index (χ4n) is 2.69. The van der Waals surface area contributed by atoms with E-state index in [1.54, 1.807) is 0 Å². The lowest BCUT2D eigenvalue weighted by molar-refractivity contribution is -0.150. The lowest BCUT2D eigenvalue weighted by atomic mass is 9.93. The minimum Gasteiger partial charge on any atom is -0.481 e. The zero-order valence-corrected chi connectivity index (χ0v) is 16.1. The third-order valence-electron chi connectivity index (χ3n) is 4.34. The molecule has 0 rings (SSSR count). The third-order valence-corrected chi connectivity index (χ3v) is 4.34. The van der Waals surface area contributed by atoms with Gasteiger partial charge in [-0.2, -0.15) is 0 Å². The number of carbonyl (C=O) groups excluding carboxylic acids is 1. The van der Waals surface area contributed by atoms with Crippen LogP contribution in [0.25, 0.3) is 0 Å². The SMILES string of the molecule is CCCCC/C=C\C/C=C\CCCCCCC(C(=O)O)C(=O)C(O)CO. The lowest BCUT2D eigenvalue weighted by Gasteiger charge is -2.14. The lowest BCUT2D eigenvalue weighted by Crippen LogP contribution is -2.35. The van der Waals surface area contributed by atoms with Crippen LogP contribution in [0.5, 0.6) is 0 Å². The van der Waals surface area contributed by atoms with Gasteiger partial charge >= 0.3 is 5.97 Å². The van der Waals surface area contributed by atoms with E-state index in [0.717, 1.165) is 38.5 Å². The van der Waals surface area contributed by atoms with Crippen molar-refractivity contribution in [3.05, 3.63) is 24.3 Å². The average molecular weight is 369 g/mol. The summed E-state index contributed by atoms with van der Waals surface area (Å²) in [7, 11) is 0. The summed E-state index contributed by atoms with van der Waals surface area (Å²) in [5.74, 6) is -3.25. The van der Waals surface area contributed by atoms with E-state index in [9.17, 15) is 14.7 Å². The number of Topliss-reactive ketones (excluding diaryl/α,β-unsaturated/α-hetero) is 1. The zero-order chi connectivity index (χ0) is 19.6. The molecule has 0 aromatic carbocycles. The van der Waals surface area contributed by atoms with E-state index < -0.39 is 30.4 Å². The molecule has 5 heteroatoms. The predicted octanol–water partition coefficient (Wildman–Crippen LogP) is 4.03. The first-order valence-corrected chi connectivity index (χ1v) is 9.90. The van der Waals surface area contributed by atoms with Crippen molar-refractivity contribution in [1.29, 1.82) is 0 Å². The van der Waals surface area contributed by atoms with Crippen LogP contribution < -0.4 is 0 Å². The van der Waals surface area contributed by atoms with Gasteiger partial charge in [-0.25, -0.2) is 0 Å². The Labute approximate surface area is 157 Å². The maximum absolute atomic E-state index is 11.7. The molecular formula is C21H36O5. The molecule has 0 fully saturated rings. The third kappa shape index (κ3) is 12.8. The van der Waals surface area contributed by atoms with Crippen molar-refractivity contribution < 1.29 is 24.9 Å². The van der Waals surface area contributed by atoms with Crippen molar-refractivity contribution in [2.75, 3.05) is 6.61 Å². The Morgan fingerprint density at radius 2 is 1.46 bits per heavy atom. The van der Waals surface area contributed by atoms with Gasteiger partial charge in [-0.15, -0.1) is 0 Å². The van der Waals surface area contributed by atoms with Gasteiger partial charge in [-0.1, -0.05) is 63.3 Å². The van der Waals surface area contributed by atoms with E-state index in [1.807, 2.05) is 0 Å². The first kappa shape index (κ1) is 24.5. The Morgan fingerprint density at radius 1 is 0.885 bits per heavy atom. The van der Waals surface area contributed by atoms with E-state index in [0.29, 0.717) is 6.42 Å². The predicted molar refractivity (Wildman–Crippen MR) is 104 cm³/mol. The Kier molecular flexibility index (Phi) is 16.0. The van der Waals surface area contributed by atoms with Gasteiger partial charge in [0.15, 0.2) is 5.78 Å². The van der Waals surface area contributed by atoms with Crippen LogP contribution in [0.15, 0.2) is 24.3 Å². The molecule has 2 atom stereocenters. The number of aliphatic hydroxyl groups excluding tert-OH is 2. The van der Waals surface area contributed by atoms with E-state index >= 15 is 0 Å². The van der Waals surface area contributed by atoms with Crippen molar-refractivity contribution in [3.8, 4) is 0 Å². The zero-order valence-electron chi connectivity index (χ0n) is 16.1. The number of hydrogen-bond donors (Lipinski definition) is 3. The molecule has 0 spiro atoms. The molecule has 0 bridgehead atoms. The average Bonchev–Trinajstić information content (AvgIpc) is 2.63. The summed E-state index contributed by atoms with van der Waals surface area (Å²) in [6.07, 6.45) is 17.9. The molecule has 150 valence electrons. The second-order valence-electron chi connectivity index (χ2n) is 6.66. The van der Waals surface area contributed by atoms with Crippen LogP contribution in [0.3, 0.4) is 0 Å². The summed E-state index contributed by atoms with van der Waals surface area (Å²) < 4.78 is 0. The Balaban J connectivity index is 3.71. The van der Waals surface area contributed by atoms with Crippen molar-refractivity contribution in [3.63, 3.8) is 0 Å². The number of aliphatic carboxylic acids is 1. The number of aliphatic hydroxyl groups is 2. The molecule has 0 aliphatic carbocycles. The number of hydrogen-bond acceptors (Lipinski definition) is 4. The summed E-state index contributed by atoms with van der Waals surface area (Å²) in [4.78, 5) is 22.8. The second kappa shape index (κ2) is 17.0. The van der Waals surface area contributed by atoms with Crippen LogP contribution >= 0.6 is 0 Å². The molecule has 5 nitrogen and oxygen atoms in total. The Hall–Kier alpha value is -1.46. The van der Waals surface area contributed by atoms with Crippen LogP contribution in [0.2, 0.25) is 0 Å². The molecule has 3 N–H and O–H groups in total. The molecule has 0 heterocycles. The van der Waals surface area contributed by atoms with Gasteiger partial charge in [0.25, 0.3) is 0 Å². The van der Waals surface area contributed by atoms with Gasteiger partial charge in [0.2, 0.25) is 0 Å². The number of carbonyl (C=O) groups is 2. The molecular weight excluding hydrogens is 332 g/mol. The van der Waals surface area contributed by atoms with Crippen molar-refractivity contribution in [1.82, 2.24) is 0 Å². The summed E-state index contributed by atoms with van der Waals surface area (Å²) in [6, 6.07) is 0. The highest BCUT2D eigenvalue weighted by Crippen LogP contribution is 2.15. The second-order valence-corrected chi connectivity index (χ2v) is 6.66. The number of unbranched alkanes of at least 4 members (excludes halogenated alkanes) is 7. The molecule has 0 radical (unpaired) electrons. The highest BCUT2D eigenvalue weighted by atomic mass is 16.4. The summed E-state index contributed by atoms with van der Waals surface area (Å²) in [6.45, 7) is 1.47. The van der Waals surface area contributed by atoms with Crippen LogP contribution in [0, 0.1) is 5.92 Å². The largest absolute Gasteiger partial charge is 0.481 e.